The molecule has 10 nitrogen and oxygen atoms in total. The van der Waals surface area contributed by atoms with Crippen LogP contribution in [0.3, 0.4) is 0 Å². The van der Waals surface area contributed by atoms with Gasteiger partial charge in [0.2, 0.25) is 5.79 Å². The fourth-order valence-electron chi connectivity index (χ4n) is 3.92. The van der Waals surface area contributed by atoms with Gasteiger partial charge >= 0.3 is 5.97 Å². The number of hydrogen-bond acceptors (Lipinski definition) is 7. The van der Waals surface area contributed by atoms with Crippen molar-refractivity contribution in [2.75, 3.05) is 13.2 Å². The van der Waals surface area contributed by atoms with E-state index in [0.29, 0.717) is 26.6 Å². The molecule has 4 aromatic rings. The Kier molecular flexibility index (Phi) is 5.90. The maximum Gasteiger partial charge on any atom is 0.341 e. The Morgan fingerprint density at radius 1 is 1.38 bits per heavy atom. The summed E-state index contributed by atoms with van der Waals surface area (Å²) in [4.78, 5) is 19.9. The lowest BCUT2D eigenvalue weighted by atomic mass is 10.1. The summed E-state index contributed by atoms with van der Waals surface area (Å²) in [5, 5.41) is 15.2. The Morgan fingerprint density at radius 2 is 2.24 bits per heavy atom. The topological polar surface area (TPSA) is 114 Å². The van der Waals surface area contributed by atoms with Crippen molar-refractivity contribution in [2.45, 2.75) is 18.4 Å². The highest BCUT2D eigenvalue weighted by Crippen LogP contribution is 2.41. The second-order valence-corrected chi connectivity index (χ2v) is 8.66. The van der Waals surface area contributed by atoms with E-state index in [1.807, 2.05) is 4.57 Å². The van der Waals surface area contributed by atoms with Gasteiger partial charge in [0.1, 0.15) is 24.0 Å². The number of aromatic carboxylic acids is 1. The number of fused-ring (bicyclic) bond motifs is 1. The zero-order valence-corrected chi connectivity index (χ0v) is 19.4. The van der Waals surface area contributed by atoms with E-state index in [1.165, 1.54) is 6.20 Å². The van der Waals surface area contributed by atoms with Gasteiger partial charge in [-0.05, 0) is 12.1 Å². The molecule has 5 rings (SSSR count). The van der Waals surface area contributed by atoms with Crippen LogP contribution in [-0.4, -0.2) is 54.7 Å². The minimum Gasteiger partial charge on any atom is -0.489 e. The first kappa shape index (κ1) is 22.6. The highest BCUT2D eigenvalue weighted by atomic mass is 35.5. The quantitative estimate of drug-likeness (QED) is 0.407. The standard InChI is InChI=1S/C22H19Cl2N5O5/c1-28-8-16-19(15(21(30)31)7-26-20(16)27-28)32-9-14-10-33-22(34-14,11-29-5-4-25-12-29)17-3-2-13(23)6-18(17)24/h2-8,12,14H,9-11H2,1H3,(H,30,31). The largest absolute Gasteiger partial charge is 0.489 e. The van der Waals surface area contributed by atoms with E-state index >= 15 is 0 Å². The number of carbonyl (C=O) groups is 1. The van der Waals surface area contributed by atoms with Gasteiger partial charge in [0, 0.05) is 42.4 Å². The Morgan fingerprint density at radius 3 is 2.97 bits per heavy atom. The monoisotopic (exact) mass is 503 g/mol. The van der Waals surface area contributed by atoms with Crippen molar-refractivity contribution < 1.29 is 24.1 Å². The number of imidazole rings is 1. The van der Waals surface area contributed by atoms with Gasteiger partial charge in [0.15, 0.2) is 5.65 Å². The summed E-state index contributed by atoms with van der Waals surface area (Å²) < 4.78 is 21.9. The van der Waals surface area contributed by atoms with Crippen LogP contribution in [0, 0.1) is 0 Å². The normalized spacial score (nSPS) is 20.1. The smallest absolute Gasteiger partial charge is 0.341 e. The van der Waals surface area contributed by atoms with Gasteiger partial charge in [0.25, 0.3) is 0 Å². The molecule has 0 aliphatic carbocycles. The molecule has 2 unspecified atom stereocenters. The zero-order valence-electron chi connectivity index (χ0n) is 17.9. The Bertz CT molecular complexity index is 1360. The molecule has 3 aromatic heterocycles. The van der Waals surface area contributed by atoms with Crippen molar-refractivity contribution in [2.24, 2.45) is 7.05 Å². The second-order valence-electron chi connectivity index (χ2n) is 7.82. The SMILES string of the molecule is Cn1cc2c(OCC3COC(Cn4ccnc4)(c4ccc(Cl)cc4Cl)O3)c(C(=O)O)cnc2n1. The Labute approximate surface area is 203 Å². The van der Waals surface area contributed by atoms with Gasteiger partial charge in [-0.25, -0.2) is 14.8 Å². The first-order valence-corrected chi connectivity index (χ1v) is 11.0. The first-order chi connectivity index (χ1) is 16.3. The lowest BCUT2D eigenvalue weighted by molar-refractivity contribution is -0.189. The third-order valence-electron chi connectivity index (χ3n) is 5.41. The minimum atomic E-state index is -1.21. The summed E-state index contributed by atoms with van der Waals surface area (Å²) in [7, 11) is 1.72. The lowest BCUT2D eigenvalue weighted by Gasteiger charge is -2.30. The third kappa shape index (κ3) is 4.21. The second kappa shape index (κ2) is 8.88. The van der Waals surface area contributed by atoms with Crippen molar-refractivity contribution in [1.29, 1.82) is 0 Å². The summed E-state index contributed by atoms with van der Waals surface area (Å²) in [5.41, 5.74) is 0.929. The molecule has 4 heterocycles. The number of carboxylic acids is 1. The van der Waals surface area contributed by atoms with Gasteiger partial charge in [-0.1, -0.05) is 29.3 Å². The number of benzene rings is 1. The van der Waals surface area contributed by atoms with Crippen LogP contribution in [0.5, 0.6) is 5.75 Å². The molecule has 0 amide bonds. The van der Waals surface area contributed by atoms with Gasteiger partial charge in [-0.3, -0.25) is 4.68 Å². The molecule has 1 aliphatic rings. The third-order valence-corrected chi connectivity index (χ3v) is 5.96. The van der Waals surface area contributed by atoms with Crippen LogP contribution >= 0.6 is 23.2 Å². The zero-order chi connectivity index (χ0) is 23.9. The number of carboxylic acid groups (broad SMARTS) is 1. The van der Waals surface area contributed by atoms with Crippen molar-refractivity contribution in [3.63, 3.8) is 0 Å². The average molecular weight is 504 g/mol. The Balaban J connectivity index is 1.43. The molecule has 1 saturated heterocycles. The van der Waals surface area contributed by atoms with Crippen LogP contribution in [0.2, 0.25) is 10.0 Å². The predicted molar refractivity (Wildman–Crippen MR) is 122 cm³/mol. The van der Waals surface area contributed by atoms with E-state index in [-0.39, 0.29) is 31.1 Å². The number of halogens is 2. The maximum absolute atomic E-state index is 11.8. The summed E-state index contributed by atoms with van der Waals surface area (Å²) in [6, 6.07) is 5.10. The Hall–Kier alpha value is -3.18. The molecular weight excluding hydrogens is 485 g/mol. The van der Waals surface area contributed by atoms with E-state index in [0.717, 1.165) is 0 Å². The molecule has 0 spiro atoms. The average Bonchev–Trinajstić information content (AvgIpc) is 3.52. The molecule has 1 fully saturated rings. The van der Waals surface area contributed by atoms with Crippen LogP contribution in [0.1, 0.15) is 15.9 Å². The van der Waals surface area contributed by atoms with E-state index in [4.69, 9.17) is 37.4 Å². The van der Waals surface area contributed by atoms with Gasteiger partial charge in [-0.15, -0.1) is 0 Å². The first-order valence-electron chi connectivity index (χ1n) is 10.3. The summed E-state index contributed by atoms with van der Waals surface area (Å²) >= 11 is 12.6. The lowest BCUT2D eigenvalue weighted by Crippen LogP contribution is -2.34. The van der Waals surface area contributed by atoms with Gasteiger partial charge < -0.3 is 23.9 Å². The summed E-state index contributed by atoms with van der Waals surface area (Å²) in [6.07, 6.45) is 7.47. The summed E-state index contributed by atoms with van der Waals surface area (Å²) in [5.74, 6) is -2.20. The molecule has 0 saturated carbocycles. The van der Waals surface area contributed by atoms with E-state index in [9.17, 15) is 9.90 Å². The molecule has 2 atom stereocenters. The molecule has 176 valence electrons. The van der Waals surface area contributed by atoms with Crippen molar-refractivity contribution >= 4 is 40.2 Å². The molecule has 0 bridgehead atoms. The number of aromatic nitrogens is 5. The fraction of sp³-hybridized carbons (Fsp3) is 0.273. The molecule has 12 heteroatoms. The number of hydrogen-bond donors (Lipinski definition) is 1. The highest BCUT2D eigenvalue weighted by Gasteiger charge is 2.45. The predicted octanol–water partition coefficient (Wildman–Crippen LogP) is 3.52. The maximum atomic E-state index is 11.8. The molecule has 1 aromatic carbocycles. The van der Waals surface area contributed by atoms with Gasteiger partial charge in [-0.2, -0.15) is 5.10 Å². The van der Waals surface area contributed by atoms with Crippen LogP contribution in [0.25, 0.3) is 11.0 Å². The highest BCUT2D eigenvalue weighted by molar-refractivity contribution is 6.35. The van der Waals surface area contributed by atoms with Crippen LogP contribution in [0.4, 0.5) is 0 Å². The number of pyridine rings is 1. The molecule has 34 heavy (non-hydrogen) atoms. The molecule has 1 N–H and O–H groups in total. The van der Waals surface area contributed by atoms with Crippen molar-refractivity contribution in [1.82, 2.24) is 24.3 Å². The van der Waals surface area contributed by atoms with E-state index in [2.05, 4.69) is 15.1 Å². The van der Waals surface area contributed by atoms with Crippen LogP contribution < -0.4 is 4.74 Å². The van der Waals surface area contributed by atoms with Crippen LogP contribution in [0.15, 0.2) is 49.3 Å². The van der Waals surface area contributed by atoms with Crippen molar-refractivity contribution in [3.8, 4) is 5.75 Å². The number of rotatable bonds is 7. The van der Waals surface area contributed by atoms with E-state index < -0.39 is 17.9 Å². The molecular formula is C22H19Cl2N5O5. The van der Waals surface area contributed by atoms with E-state index in [1.54, 1.807) is 54.8 Å². The molecule has 1 aliphatic heterocycles. The minimum absolute atomic E-state index is 0.0329. The number of aryl methyl sites for hydroxylation is 1. The van der Waals surface area contributed by atoms with Crippen LogP contribution in [-0.2, 0) is 28.9 Å². The van der Waals surface area contributed by atoms with Gasteiger partial charge in [0.05, 0.1) is 29.9 Å². The number of nitrogens with zero attached hydrogens (tertiary/aromatic N) is 5. The summed E-state index contributed by atoms with van der Waals surface area (Å²) in [6.45, 7) is 0.510. The molecule has 0 radical (unpaired) electrons. The number of ether oxygens (including phenoxy) is 3. The fourth-order valence-corrected chi connectivity index (χ4v) is 4.47. The van der Waals surface area contributed by atoms with Crippen molar-refractivity contribution in [3.05, 3.63) is 70.5 Å².